The third-order valence-electron chi connectivity index (χ3n) is 8.39. The quantitative estimate of drug-likeness (QED) is 0.236. The van der Waals surface area contributed by atoms with Gasteiger partial charge in [-0.2, -0.15) is 5.10 Å². The highest BCUT2D eigenvalue weighted by molar-refractivity contribution is 6.74. The molecule has 0 radical (unpaired) electrons. The van der Waals surface area contributed by atoms with Gasteiger partial charge in [-0.15, -0.1) is 0 Å². The van der Waals surface area contributed by atoms with Crippen molar-refractivity contribution in [1.82, 2.24) is 14.7 Å². The molecule has 2 aliphatic heterocycles. The smallest absolute Gasteiger partial charge is 0.410 e. The lowest BCUT2D eigenvalue weighted by Crippen LogP contribution is -2.44. The SMILES string of the molecule is CC(C)(C)OC(=O)N1CCC(Cn2ncc3cc(N4CC[C@H](O[Si](C)(C)C(C)(C)C)C4)c([N+](=O)[O-])cc32)CC1. The molecule has 0 unspecified atom stereocenters. The van der Waals surface area contributed by atoms with Crippen molar-refractivity contribution in [2.24, 2.45) is 5.92 Å². The summed E-state index contributed by atoms with van der Waals surface area (Å²) >= 11 is 0. The van der Waals surface area contributed by atoms with E-state index in [1.54, 1.807) is 17.2 Å². The highest BCUT2D eigenvalue weighted by atomic mass is 28.4. The Balaban J connectivity index is 1.46. The molecule has 1 atom stereocenters. The second-order valence-corrected chi connectivity index (χ2v) is 18.4. The molecule has 2 aliphatic rings. The molecule has 0 aliphatic carbocycles. The van der Waals surface area contributed by atoms with Crippen LogP contribution in [0.15, 0.2) is 18.3 Å². The van der Waals surface area contributed by atoms with Crippen molar-refractivity contribution in [2.45, 2.75) is 97.2 Å². The molecule has 2 saturated heterocycles. The number of benzene rings is 1. The van der Waals surface area contributed by atoms with E-state index in [1.807, 2.05) is 31.5 Å². The lowest BCUT2D eigenvalue weighted by atomic mass is 9.97. The molecular weight excluding hydrogens is 514 g/mol. The van der Waals surface area contributed by atoms with Crippen LogP contribution < -0.4 is 4.90 Å². The largest absolute Gasteiger partial charge is 0.444 e. The van der Waals surface area contributed by atoms with E-state index in [2.05, 4.69) is 43.9 Å². The molecule has 2 aromatic rings. The normalized spacial score (nSPS) is 19.6. The van der Waals surface area contributed by atoms with Crippen molar-refractivity contribution in [3.63, 3.8) is 0 Å². The van der Waals surface area contributed by atoms with Crippen LogP contribution in [-0.2, 0) is 15.7 Å². The Morgan fingerprint density at radius 1 is 1.10 bits per heavy atom. The third kappa shape index (κ3) is 6.74. The Kier molecular flexibility index (Phi) is 8.06. The van der Waals surface area contributed by atoms with Crippen molar-refractivity contribution in [3.8, 4) is 0 Å². The Hall–Kier alpha value is -2.66. The second kappa shape index (κ2) is 10.7. The highest BCUT2D eigenvalue weighted by Gasteiger charge is 2.41. The summed E-state index contributed by atoms with van der Waals surface area (Å²) in [7, 11) is -1.92. The van der Waals surface area contributed by atoms with E-state index >= 15 is 0 Å². The van der Waals surface area contributed by atoms with E-state index in [9.17, 15) is 14.9 Å². The predicted molar refractivity (Wildman–Crippen MR) is 156 cm³/mol. The Bertz CT molecular complexity index is 1210. The molecule has 11 heteroatoms. The number of carbonyl (C=O) groups is 1. The molecule has 1 aromatic heterocycles. The monoisotopic (exact) mass is 559 g/mol. The first-order valence-corrected chi connectivity index (χ1v) is 17.0. The standard InChI is InChI=1S/C28H45N5O5Si/c1-27(2,3)37-26(34)30-12-9-20(10-13-30)18-32-23-16-25(33(35)36)24(15-21(23)17-29-32)31-14-11-22(19-31)38-39(7,8)28(4,5)6/h15-17,20,22H,9-14,18-19H2,1-8H3/t22-/m0/s1. The molecule has 1 aromatic carbocycles. The number of anilines is 1. The van der Waals surface area contributed by atoms with Gasteiger partial charge in [-0.1, -0.05) is 20.8 Å². The number of carbonyl (C=O) groups excluding carboxylic acids is 1. The summed E-state index contributed by atoms with van der Waals surface area (Å²) in [6.07, 6.45) is 4.15. The highest BCUT2D eigenvalue weighted by Crippen LogP contribution is 2.40. The minimum absolute atomic E-state index is 0.0791. The molecule has 0 spiro atoms. The molecular formula is C28H45N5O5Si. The number of hydrogen-bond donors (Lipinski definition) is 0. The molecule has 0 saturated carbocycles. The fourth-order valence-electron chi connectivity index (χ4n) is 5.15. The zero-order valence-electron chi connectivity index (χ0n) is 24.8. The van der Waals surface area contributed by atoms with Gasteiger partial charge < -0.3 is 19.0 Å². The fraction of sp³-hybridized carbons (Fsp3) is 0.714. The van der Waals surface area contributed by atoms with Gasteiger partial charge >= 0.3 is 6.09 Å². The van der Waals surface area contributed by atoms with E-state index in [1.165, 1.54) is 0 Å². The van der Waals surface area contributed by atoms with Crippen LogP contribution in [0, 0.1) is 16.0 Å². The van der Waals surface area contributed by atoms with Crippen molar-refractivity contribution < 1.29 is 18.9 Å². The number of amides is 1. The van der Waals surface area contributed by atoms with Crippen LogP contribution in [0.2, 0.25) is 18.1 Å². The zero-order valence-corrected chi connectivity index (χ0v) is 25.8. The molecule has 3 heterocycles. The van der Waals surface area contributed by atoms with Gasteiger partial charge in [0.25, 0.3) is 5.69 Å². The van der Waals surface area contributed by atoms with E-state index in [-0.39, 0.29) is 27.8 Å². The maximum Gasteiger partial charge on any atom is 0.410 e. The van der Waals surface area contributed by atoms with Crippen molar-refractivity contribution in [1.29, 1.82) is 0 Å². The van der Waals surface area contributed by atoms with Crippen LogP contribution >= 0.6 is 0 Å². The molecule has 4 rings (SSSR count). The average molecular weight is 560 g/mol. The summed E-state index contributed by atoms with van der Waals surface area (Å²) in [5.41, 5.74) is 1.01. The van der Waals surface area contributed by atoms with Crippen molar-refractivity contribution in [2.75, 3.05) is 31.1 Å². The summed E-state index contributed by atoms with van der Waals surface area (Å²) < 4.78 is 14.0. The van der Waals surface area contributed by atoms with Gasteiger partial charge in [-0.25, -0.2) is 4.79 Å². The number of aromatic nitrogens is 2. The van der Waals surface area contributed by atoms with Crippen LogP contribution in [0.4, 0.5) is 16.2 Å². The fourth-order valence-corrected chi connectivity index (χ4v) is 6.53. The second-order valence-electron chi connectivity index (χ2n) is 13.6. The number of fused-ring (bicyclic) bond motifs is 1. The number of piperidine rings is 1. The van der Waals surface area contributed by atoms with E-state index < -0.39 is 13.9 Å². The summed E-state index contributed by atoms with van der Waals surface area (Å²) in [6, 6.07) is 3.59. The number of hydrogen-bond acceptors (Lipinski definition) is 7. The van der Waals surface area contributed by atoms with Crippen molar-refractivity contribution >= 4 is 36.7 Å². The number of nitro benzene ring substituents is 1. The van der Waals surface area contributed by atoms with Gasteiger partial charge in [-0.05, 0) is 70.2 Å². The Labute approximate surface area is 232 Å². The van der Waals surface area contributed by atoms with Crippen LogP contribution in [0.25, 0.3) is 10.9 Å². The average Bonchev–Trinajstić information content (AvgIpc) is 3.43. The maximum absolute atomic E-state index is 12.4. The van der Waals surface area contributed by atoms with Crippen LogP contribution in [0.1, 0.15) is 60.8 Å². The Morgan fingerprint density at radius 2 is 1.77 bits per heavy atom. The minimum atomic E-state index is -1.92. The van der Waals surface area contributed by atoms with Gasteiger partial charge in [0.2, 0.25) is 0 Å². The molecule has 1 amide bonds. The topological polar surface area (TPSA) is 103 Å². The predicted octanol–water partition coefficient (Wildman–Crippen LogP) is 6.19. The summed E-state index contributed by atoms with van der Waals surface area (Å²) in [5.74, 6) is 0.331. The first-order chi connectivity index (χ1) is 18.0. The lowest BCUT2D eigenvalue weighted by Gasteiger charge is -2.38. The Morgan fingerprint density at radius 3 is 2.36 bits per heavy atom. The number of nitrogens with zero attached hydrogens (tertiary/aromatic N) is 5. The van der Waals surface area contributed by atoms with E-state index in [4.69, 9.17) is 9.16 Å². The summed E-state index contributed by atoms with van der Waals surface area (Å²) in [6.45, 7) is 20.1. The molecule has 39 heavy (non-hydrogen) atoms. The maximum atomic E-state index is 12.4. The lowest BCUT2D eigenvalue weighted by molar-refractivity contribution is -0.384. The van der Waals surface area contributed by atoms with E-state index in [0.717, 1.165) is 36.7 Å². The number of rotatable bonds is 6. The molecule has 216 valence electrons. The molecule has 2 fully saturated rings. The summed E-state index contributed by atoms with van der Waals surface area (Å²) in [5, 5.41) is 17.8. The van der Waals surface area contributed by atoms with Crippen LogP contribution in [0.5, 0.6) is 0 Å². The van der Waals surface area contributed by atoms with Crippen LogP contribution in [-0.4, -0.2) is 71.9 Å². The molecule has 0 N–H and O–H groups in total. The number of likely N-dealkylation sites (tertiary alicyclic amines) is 1. The van der Waals surface area contributed by atoms with Gasteiger partial charge in [0.15, 0.2) is 8.32 Å². The van der Waals surface area contributed by atoms with Gasteiger partial charge in [-0.3, -0.25) is 14.8 Å². The number of nitro groups is 1. The summed E-state index contributed by atoms with van der Waals surface area (Å²) in [4.78, 5) is 28.1. The first kappa shape index (κ1) is 29.3. The van der Waals surface area contributed by atoms with Crippen molar-refractivity contribution in [3.05, 3.63) is 28.4 Å². The van der Waals surface area contributed by atoms with Crippen LogP contribution in [0.3, 0.4) is 0 Å². The van der Waals surface area contributed by atoms with Gasteiger partial charge in [0.1, 0.15) is 11.3 Å². The van der Waals surface area contributed by atoms with E-state index in [0.29, 0.717) is 37.8 Å². The number of ether oxygens (including phenoxy) is 1. The molecule has 10 nitrogen and oxygen atoms in total. The zero-order chi connectivity index (χ0) is 28.8. The first-order valence-electron chi connectivity index (χ1n) is 14.1. The minimum Gasteiger partial charge on any atom is -0.444 e. The molecule has 0 bridgehead atoms. The van der Waals surface area contributed by atoms with Gasteiger partial charge in [0, 0.05) is 44.2 Å². The third-order valence-corrected chi connectivity index (χ3v) is 12.9. The van der Waals surface area contributed by atoms with Gasteiger partial charge in [0.05, 0.1) is 22.7 Å².